The fourth-order valence-corrected chi connectivity index (χ4v) is 1.61. The first-order chi connectivity index (χ1) is 8.76. The predicted molar refractivity (Wildman–Crippen MR) is 63.8 cm³/mol. The average molecular weight is 291 g/mol. The third-order valence-corrected chi connectivity index (χ3v) is 2.47. The molecule has 1 rings (SSSR count). The number of thioether (sulfide) groups is 1. The van der Waals surface area contributed by atoms with Crippen molar-refractivity contribution >= 4 is 29.3 Å². The van der Waals surface area contributed by atoms with E-state index in [-0.39, 0.29) is 22.3 Å². The maximum Gasteiger partial charge on any atom is 0.446 e. The highest BCUT2D eigenvalue weighted by molar-refractivity contribution is 8.00. The highest BCUT2D eigenvalue weighted by Crippen LogP contribution is 2.36. The second kappa shape index (κ2) is 6.28. The van der Waals surface area contributed by atoms with Crippen LogP contribution in [0.1, 0.15) is 0 Å². The molecule has 102 valence electrons. The Morgan fingerprint density at radius 2 is 1.74 bits per heavy atom. The molecule has 0 aromatic heterocycles. The topological polar surface area (TPSA) is 66.4 Å². The SMILES string of the molecule is O=C(O)C=CC(=O)Nc1ccc(SC(F)(F)F)cc1. The number of nitrogens with one attached hydrogen (secondary N) is 1. The number of amides is 1. The van der Waals surface area contributed by atoms with E-state index in [0.717, 1.165) is 6.08 Å². The maximum atomic E-state index is 12.1. The minimum Gasteiger partial charge on any atom is -0.478 e. The molecule has 1 aromatic rings. The van der Waals surface area contributed by atoms with E-state index in [9.17, 15) is 22.8 Å². The van der Waals surface area contributed by atoms with Gasteiger partial charge in [-0.25, -0.2) is 4.79 Å². The number of benzene rings is 1. The lowest BCUT2D eigenvalue weighted by molar-refractivity contribution is -0.131. The van der Waals surface area contributed by atoms with Crippen LogP contribution in [0.4, 0.5) is 18.9 Å². The van der Waals surface area contributed by atoms with Gasteiger partial charge in [0, 0.05) is 22.7 Å². The average Bonchev–Trinajstić information content (AvgIpc) is 2.27. The van der Waals surface area contributed by atoms with Crippen molar-refractivity contribution in [1.82, 2.24) is 0 Å². The van der Waals surface area contributed by atoms with Crippen LogP contribution < -0.4 is 5.32 Å². The molecule has 0 aliphatic carbocycles. The molecular formula is C11H8F3NO3S. The predicted octanol–water partition coefficient (Wildman–Crippen LogP) is 2.88. The summed E-state index contributed by atoms with van der Waals surface area (Å²) in [6.45, 7) is 0. The molecule has 0 saturated heterocycles. The molecule has 0 bridgehead atoms. The monoisotopic (exact) mass is 291 g/mol. The van der Waals surface area contributed by atoms with E-state index in [2.05, 4.69) is 5.32 Å². The first-order valence-electron chi connectivity index (χ1n) is 4.84. The van der Waals surface area contributed by atoms with E-state index in [4.69, 9.17) is 5.11 Å². The van der Waals surface area contributed by atoms with Crippen LogP contribution in [0.25, 0.3) is 0 Å². The summed E-state index contributed by atoms with van der Waals surface area (Å²) < 4.78 is 36.2. The van der Waals surface area contributed by atoms with Crippen LogP contribution in [0.3, 0.4) is 0 Å². The number of halogens is 3. The Morgan fingerprint density at radius 1 is 1.16 bits per heavy atom. The normalized spacial score (nSPS) is 11.5. The molecule has 0 aliphatic rings. The number of carboxylic acids is 1. The van der Waals surface area contributed by atoms with Crippen molar-refractivity contribution in [3.63, 3.8) is 0 Å². The lowest BCUT2D eigenvalue weighted by Gasteiger charge is -2.06. The molecule has 4 nitrogen and oxygen atoms in total. The Labute approximate surface area is 110 Å². The largest absolute Gasteiger partial charge is 0.478 e. The molecule has 19 heavy (non-hydrogen) atoms. The lowest BCUT2D eigenvalue weighted by atomic mass is 10.3. The molecule has 0 spiro atoms. The smallest absolute Gasteiger partial charge is 0.446 e. The van der Waals surface area contributed by atoms with E-state index < -0.39 is 17.4 Å². The lowest BCUT2D eigenvalue weighted by Crippen LogP contribution is -2.08. The van der Waals surface area contributed by atoms with Crippen molar-refractivity contribution in [2.45, 2.75) is 10.4 Å². The Kier molecular flexibility index (Phi) is 4.99. The first kappa shape index (κ1) is 15.1. The summed E-state index contributed by atoms with van der Waals surface area (Å²) in [5.74, 6) is -1.95. The van der Waals surface area contributed by atoms with Crippen molar-refractivity contribution in [3.8, 4) is 0 Å². The van der Waals surface area contributed by atoms with Gasteiger partial charge < -0.3 is 10.4 Å². The molecular weight excluding hydrogens is 283 g/mol. The van der Waals surface area contributed by atoms with E-state index in [1.807, 2.05) is 0 Å². The quantitative estimate of drug-likeness (QED) is 0.661. The molecule has 1 amide bonds. The number of carbonyl (C=O) groups excluding carboxylic acids is 1. The van der Waals surface area contributed by atoms with Crippen LogP contribution in [-0.4, -0.2) is 22.5 Å². The number of hydrogen-bond donors (Lipinski definition) is 2. The van der Waals surface area contributed by atoms with Gasteiger partial charge in [-0.1, -0.05) is 0 Å². The zero-order chi connectivity index (χ0) is 14.5. The summed E-state index contributed by atoms with van der Waals surface area (Å²) in [6, 6.07) is 4.99. The molecule has 0 radical (unpaired) electrons. The van der Waals surface area contributed by atoms with Crippen LogP contribution in [0, 0.1) is 0 Å². The van der Waals surface area contributed by atoms with Gasteiger partial charge in [0.1, 0.15) is 0 Å². The molecule has 0 atom stereocenters. The van der Waals surface area contributed by atoms with E-state index in [0.29, 0.717) is 6.08 Å². The first-order valence-corrected chi connectivity index (χ1v) is 5.66. The Morgan fingerprint density at radius 3 is 2.21 bits per heavy atom. The highest BCUT2D eigenvalue weighted by atomic mass is 32.2. The summed E-state index contributed by atoms with van der Waals surface area (Å²) in [5.41, 5.74) is -4.10. The van der Waals surface area contributed by atoms with E-state index >= 15 is 0 Å². The maximum absolute atomic E-state index is 12.1. The zero-order valence-corrected chi connectivity index (χ0v) is 10.1. The van der Waals surface area contributed by atoms with Crippen LogP contribution in [0.2, 0.25) is 0 Å². The van der Waals surface area contributed by atoms with Crippen molar-refractivity contribution in [3.05, 3.63) is 36.4 Å². The van der Waals surface area contributed by atoms with Crippen LogP contribution >= 0.6 is 11.8 Å². The number of hydrogen-bond acceptors (Lipinski definition) is 3. The minimum atomic E-state index is -4.37. The van der Waals surface area contributed by atoms with Gasteiger partial charge in [0.2, 0.25) is 5.91 Å². The number of aliphatic carboxylic acids is 1. The van der Waals surface area contributed by atoms with Gasteiger partial charge in [-0.3, -0.25) is 4.79 Å². The van der Waals surface area contributed by atoms with E-state index in [1.165, 1.54) is 24.3 Å². The second-order valence-corrected chi connectivity index (χ2v) is 4.37. The molecule has 1 aromatic carbocycles. The van der Waals surface area contributed by atoms with Gasteiger partial charge in [-0.15, -0.1) is 0 Å². The molecule has 8 heteroatoms. The Bertz CT molecular complexity index is 497. The van der Waals surface area contributed by atoms with Gasteiger partial charge in [-0.2, -0.15) is 13.2 Å². The Hall–Kier alpha value is -1.96. The number of carboxylic acid groups (broad SMARTS) is 1. The standard InChI is InChI=1S/C11H8F3NO3S/c12-11(13,14)19-8-3-1-7(2-4-8)15-9(16)5-6-10(17)18/h1-6H,(H,15,16)(H,17,18). The molecule has 0 heterocycles. The highest BCUT2D eigenvalue weighted by Gasteiger charge is 2.28. The van der Waals surface area contributed by atoms with Crippen LogP contribution in [0.15, 0.2) is 41.3 Å². The Balaban J connectivity index is 2.62. The number of alkyl halides is 3. The fraction of sp³-hybridized carbons (Fsp3) is 0.0909. The van der Waals surface area contributed by atoms with Gasteiger partial charge in [0.15, 0.2) is 0 Å². The van der Waals surface area contributed by atoms with Crippen molar-refractivity contribution in [1.29, 1.82) is 0 Å². The number of rotatable bonds is 4. The van der Waals surface area contributed by atoms with Crippen molar-refractivity contribution in [2.24, 2.45) is 0 Å². The van der Waals surface area contributed by atoms with Crippen molar-refractivity contribution < 1.29 is 27.9 Å². The number of carbonyl (C=O) groups is 2. The van der Waals surface area contributed by atoms with Gasteiger partial charge >= 0.3 is 11.5 Å². The van der Waals surface area contributed by atoms with Crippen LogP contribution in [-0.2, 0) is 9.59 Å². The summed E-state index contributed by atoms with van der Waals surface area (Å²) in [7, 11) is 0. The van der Waals surface area contributed by atoms with E-state index in [1.54, 1.807) is 0 Å². The molecule has 0 fully saturated rings. The summed E-state index contributed by atoms with van der Waals surface area (Å²) in [5, 5.41) is 10.6. The summed E-state index contributed by atoms with van der Waals surface area (Å²) in [6.07, 6.45) is 1.46. The fourth-order valence-electron chi connectivity index (χ4n) is 1.07. The molecule has 0 saturated carbocycles. The summed E-state index contributed by atoms with van der Waals surface area (Å²) >= 11 is -0.262. The third kappa shape index (κ3) is 6.51. The summed E-state index contributed by atoms with van der Waals surface area (Å²) in [4.78, 5) is 21.3. The van der Waals surface area contributed by atoms with Crippen LogP contribution in [0.5, 0.6) is 0 Å². The molecule has 2 N–H and O–H groups in total. The van der Waals surface area contributed by atoms with Crippen molar-refractivity contribution in [2.75, 3.05) is 5.32 Å². The number of anilines is 1. The van der Waals surface area contributed by atoms with Gasteiger partial charge in [-0.05, 0) is 36.0 Å². The second-order valence-electron chi connectivity index (χ2n) is 3.23. The zero-order valence-electron chi connectivity index (χ0n) is 9.27. The third-order valence-electron chi connectivity index (χ3n) is 1.73. The molecule has 0 aliphatic heterocycles. The van der Waals surface area contributed by atoms with Gasteiger partial charge in [0.05, 0.1) is 0 Å². The van der Waals surface area contributed by atoms with Gasteiger partial charge in [0.25, 0.3) is 0 Å². The molecule has 0 unspecified atom stereocenters. The minimum absolute atomic E-state index is 0.00780.